The molecule has 9 nitrogen and oxygen atoms in total. The highest BCUT2D eigenvalue weighted by atomic mass is 32.2. The van der Waals surface area contributed by atoms with Crippen molar-refractivity contribution in [3.63, 3.8) is 0 Å². The summed E-state index contributed by atoms with van der Waals surface area (Å²) in [4.78, 5) is 12.2. The SMILES string of the molecule is COc1ccc(/C=N/NC(=O)C2=C(O)c3ccccc3S(=O)(=O)N2)cc1OC. The van der Waals surface area contributed by atoms with E-state index >= 15 is 0 Å². The van der Waals surface area contributed by atoms with Gasteiger partial charge in [0.05, 0.1) is 25.3 Å². The molecule has 0 aromatic heterocycles. The monoisotopic (exact) mass is 403 g/mol. The lowest BCUT2D eigenvalue weighted by Gasteiger charge is -2.20. The van der Waals surface area contributed by atoms with Crippen LogP contribution in [0, 0.1) is 0 Å². The highest BCUT2D eigenvalue weighted by Gasteiger charge is 2.32. The van der Waals surface area contributed by atoms with E-state index in [1.54, 1.807) is 24.3 Å². The first-order valence-corrected chi connectivity index (χ1v) is 9.46. The Kier molecular flexibility index (Phi) is 5.23. The zero-order chi connectivity index (χ0) is 20.3. The minimum Gasteiger partial charge on any atom is -0.505 e. The van der Waals surface area contributed by atoms with Gasteiger partial charge in [0, 0.05) is 5.56 Å². The van der Waals surface area contributed by atoms with Crippen molar-refractivity contribution in [1.29, 1.82) is 0 Å². The first kappa shape index (κ1) is 19.2. The Balaban J connectivity index is 1.81. The van der Waals surface area contributed by atoms with E-state index in [-0.39, 0.29) is 10.5 Å². The maximum absolute atomic E-state index is 12.3. The third-order valence-electron chi connectivity index (χ3n) is 3.92. The van der Waals surface area contributed by atoms with Crippen molar-refractivity contribution in [1.82, 2.24) is 10.1 Å². The van der Waals surface area contributed by atoms with E-state index in [0.717, 1.165) is 0 Å². The highest BCUT2D eigenvalue weighted by molar-refractivity contribution is 7.89. The fraction of sp³-hybridized carbons (Fsp3) is 0.111. The Morgan fingerprint density at radius 1 is 1.14 bits per heavy atom. The first-order chi connectivity index (χ1) is 13.4. The molecule has 0 atom stereocenters. The number of carbonyl (C=O) groups is 1. The van der Waals surface area contributed by atoms with E-state index in [1.165, 1.54) is 38.6 Å². The summed E-state index contributed by atoms with van der Waals surface area (Å²) in [6.07, 6.45) is 1.34. The van der Waals surface area contributed by atoms with Crippen molar-refractivity contribution in [3.8, 4) is 11.5 Å². The third kappa shape index (κ3) is 3.62. The van der Waals surface area contributed by atoms with Crippen LogP contribution in [0.25, 0.3) is 5.76 Å². The van der Waals surface area contributed by atoms with Crippen molar-refractivity contribution in [2.24, 2.45) is 5.10 Å². The molecule has 28 heavy (non-hydrogen) atoms. The molecule has 0 unspecified atom stereocenters. The van der Waals surface area contributed by atoms with Gasteiger partial charge < -0.3 is 14.6 Å². The lowest BCUT2D eigenvalue weighted by molar-refractivity contribution is -0.117. The number of nitrogens with one attached hydrogen (secondary N) is 2. The second-order valence-corrected chi connectivity index (χ2v) is 7.29. The molecule has 1 aliphatic heterocycles. The molecule has 1 heterocycles. The van der Waals surface area contributed by atoms with Crippen molar-refractivity contribution in [3.05, 3.63) is 59.3 Å². The average Bonchev–Trinajstić information content (AvgIpc) is 2.70. The maximum atomic E-state index is 12.3. The van der Waals surface area contributed by atoms with Gasteiger partial charge in [0.2, 0.25) is 0 Å². The van der Waals surface area contributed by atoms with Gasteiger partial charge >= 0.3 is 0 Å². The van der Waals surface area contributed by atoms with E-state index in [1.807, 2.05) is 0 Å². The number of benzene rings is 2. The summed E-state index contributed by atoms with van der Waals surface area (Å²) < 4.78 is 36.9. The van der Waals surface area contributed by atoms with Crippen LogP contribution in [-0.2, 0) is 14.8 Å². The van der Waals surface area contributed by atoms with Gasteiger partial charge in [-0.1, -0.05) is 12.1 Å². The number of fused-ring (bicyclic) bond motifs is 1. The quantitative estimate of drug-likeness (QED) is 0.511. The summed E-state index contributed by atoms with van der Waals surface area (Å²) in [7, 11) is -0.976. The molecular weight excluding hydrogens is 386 g/mol. The van der Waals surface area contributed by atoms with Gasteiger partial charge in [-0.05, 0) is 35.9 Å². The predicted molar refractivity (Wildman–Crippen MR) is 102 cm³/mol. The number of amides is 1. The lowest BCUT2D eigenvalue weighted by atomic mass is 10.1. The van der Waals surface area contributed by atoms with Gasteiger partial charge in [-0.3, -0.25) is 9.52 Å². The zero-order valence-electron chi connectivity index (χ0n) is 15.0. The molecule has 10 heteroatoms. The van der Waals surface area contributed by atoms with Crippen LogP contribution in [0.5, 0.6) is 11.5 Å². The van der Waals surface area contributed by atoms with Crippen LogP contribution in [-0.4, -0.2) is 39.9 Å². The fourth-order valence-electron chi connectivity index (χ4n) is 2.58. The molecule has 3 N–H and O–H groups in total. The Morgan fingerprint density at radius 3 is 2.57 bits per heavy atom. The minimum atomic E-state index is -3.97. The van der Waals surface area contributed by atoms with E-state index in [0.29, 0.717) is 17.1 Å². The molecule has 0 bridgehead atoms. The molecule has 1 aliphatic rings. The highest BCUT2D eigenvalue weighted by Crippen LogP contribution is 2.29. The van der Waals surface area contributed by atoms with Crippen LogP contribution in [0.1, 0.15) is 11.1 Å². The number of aliphatic hydroxyl groups excluding tert-OH is 1. The van der Waals surface area contributed by atoms with Crippen molar-refractivity contribution in [2.45, 2.75) is 4.90 Å². The van der Waals surface area contributed by atoms with Gasteiger partial charge in [0.1, 0.15) is 0 Å². The summed E-state index contributed by atoms with van der Waals surface area (Å²) in [6.45, 7) is 0. The number of sulfonamides is 1. The number of carbonyl (C=O) groups excluding carboxylic acids is 1. The summed E-state index contributed by atoms with van der Waals surface area (Å²) >= 11 is 0. The number of rotatable bonds is 5. The molecule has 146 valence electrons. The zero-order valence-corrected chi connectivity index (χ0v) is 15.8. The number of hydrazone groups is 1. The molecule has 0 spiro atoms. The van der Waals surface area contributed by atoms with Crippen LogP contribution < -0.4 is 19.6 Å². The predicted octanol–water partition coefficient (Wildman–Crippen LogP) is 1.37. The Morgan fingerprint density at radius 2 is 1.86 bits per heavy atom. The molecular formula is C18H17N3O6S. The number of ether oxygens (including phenoxy) is 2. The number of nitrogens with zero attached hydrogens (tertiary/aromatic N) is 1. The third-order valence-corrected chi connectivity index (χ3v) is 5.33. The molecule has 0 saturated carbocycles. The molecule has 2 aromatic carbocycles. The minimum absolute atomic E-state index is 0.0373. The van der Waals surface area contributed by atoms with Gasteiger partial charge in [0.25, 0.3) is 15.9 Å². The second-order valence-electron chi connectivity index (χ2n) is 5.64. The topological polar surface area (TPSA) is 126 Å². The molecule has 0 saturated heterocycles. The van der Waals surface area contributed by atoms with Crippen LogP contribution in [0.2, 0.25) is 0 Å². The van der Waals surface area contributed by atoms with E-state index in [4.69, 9.17) is 9.47 Å². The van der Waals surface area contributed by atoms with Crippen molar-refractivity contribution >= 4 is 27.9 Å². The average molecular weight is 403 g/mol. The maximum Gasteiger partial charge on any atom is 0.292 e. The number of hydrogen-bond donors (Lipinski definition) is 3. The molecule has 0 fully saturated rings. The summed E-state index contributed by atoms with van der Waals surface area (Å²) in [5.41, 5.74) is 2.31. The van der Waals surface area contributed by atoms with E-state index in [2.05, 4.69) is 15.2 Å². The van der Waals surface area contributed by atoms with Gasteiger partial charge in [0.15, 0.2) is 23.0 Å². The second kappa shape index (κ2) is 7.61. The molecule has 1 amide bonds. The summed E-state index contributed by atoms with van der Waals surface area (Å²) in [5, 5.41) is 14.1. The van der Waals surface area contributed by atoms with Gasteiger partial charge in [-0.15, -0.1) is 0 Å². The molecule has 2 aromatic rings. The van der Waals surface area contributed by atoms with Crippen LogP contribution in [0.3, 0.4) is 0 Å². The van der Waals surface area contributed by atoms with Crippen molar-refractivity contribution < 1.29 is 27.8 Å². The van der Waals surface area contributed by atoms with Crippen LogP contribution >= 0.6 is 0 Å². The normalized spacial score (nSPS) is 14.9. The summed E-state index contributed by atoms with van der Waals surface area (Å²) in [6, 6.07) is 10.8. The smallest absolute Gasteiger partial charge is 0.292 e. The number of methoxy groups -OCH3 is 2. The molecule has 3 rings (SSSR count). The first-order valence-electron chi connectivity index (χ1n) is 7.98. The Bertz CT molecular complexity index is 1090. The largest absolute Gasteiger partial charge is 0.505 e. The Hall–Kier alpha value is -3.53. The van der Waals surface area contributed by atoms with E-state index in [9.17, 15) is 18.3 Å². The van der Waals surface area contributed by atoms with Gasteiger partial charge in [-0.25, -0.2) is 13.8 Å². The summed E-state index contributed by atoms with van der Waals surface area (Å²) in [5.74, 6) is -0.375. The number of aliphatic hydroxyl groups is 1. The van der Waals surface area contributed by atoms with E-state index < -0.39 is 27.4 Å². The molecule has 0 radical (unpaired) electrons. The van der Waals surface area contributed by atoms with Crippen LogP contribution in [0.15, 0.2) is 58.2 Å². The lowest BCUT2D eigenvalue weighted by Crippen LogP contribution is -2.37. The Labute approximate surface area is 161 Å². The fourth-order valence-corrected chi connectivity index (χ4v) is 3.86. The van der Waals surface area contributed by atoms with Crippen LogP contribution in [0.4, 0.5) is 0 Å². The van der Waals surface area contributed by atoms with Gasteiger partial charge in [-0.2, -0.15) is 5.10 Å². The number of hydrogen-bond acceptors (Lipinski definition) is 7. The molecule has 0 aliphatic carbocycles. The standard InChI is InChI=1S/C18H17N3O6S/c1-26-13-8-7-11(9-14(13)27-2)10-19-20-18(23)16-17(22)12-5-3-4-6-15(12)28(24,25)21-16/h3-10,21-22H,1-2H3,(H,20,23)/b19-10+. The van der Waals surface area contributed by atoms with Crippen molar-refractivity contribution in [2.75, 3.05) is 14.2 Å².